The first-order valence-corrected chi connectivity index (χ1v) is 9.51. The minimum Gasteiger partial charge on any atom is -0.357 e. The molecule has 1 aliphatic heterocycles. The third-order valence-electron chi connectivity index (χ3n) is 4.33. The van der Waals surface area contributed by atoms with E-state index in [4.69, 9.17) is 4.99 Å². The van der Waals surface area contributed by atoms with E-state index < -0.39 is 0 Å². The predicted molar refractivity (Wildman–Crippen MR) is 94.5 cm³/mol. The first-order chi connectivity index (χ1) is 10.8. The Hall–Kier alpha value is -1.07. The Labute approximate surface area is 138 Å². The fraction of sp³-hybridized carbons (Fsp3) is 0.706. The van der Waals surface area contributed by atoms with Gasteiger partial charge in [-0.1, -0.05) is 6.07 Å². The van der Waals surface area contributed by atoms with Crippen molar-refractivity contribution in [1.82, 2.24) is 15.5 Å². The molecule has 22 heavy (non-hydrogen) atoms. The van der Waals surface area contributed by atoms with Crippen LogP contribution in [0, 0.1) is 5.92 Å². The van der Waals surface area contributed by atoms with Crippen LogP contribution < -0.4 is 10.6 Å². The monoisotopic (exact) mass is 320 g/mol. The van der Waals surface area contributed by atoms with Crippen LogP contribution in [0.1, 0.15) is 37.5 Å². The molecule has 2 aliphatic rings. The number of hydrogen-bond donors (Lipinski definition) is 2. The van der Waals surface area contributed by atoms with E-state index in [-0.39, 0.29) is 0 Å². The molecule has 2 N–H and O–H groups in total. The SMILES string of the molecule is CCNC(=NCC1CCCN(Cc2cccs2)C1)NC1CC1. The molecule has 122 valence electrons. The molecule has 0 aromatic carbocycles. The highest BCUT2D eigenvalue weighted by atomic mass is 32.1. The lowest BCUT2D eigenvalue weighted by Gasteiger charge is -2.31. The third-order valence-corrected chi connectivity index (χ3v) is 5.19. The standard InChI is InChI=1S/C17H28N4S/c1-2-18-17(20-15-7-8-15)19-11-14-5-3-9-21(12-14)13-16-6-4-10-22-16/h4,6,10,14-15H,2-3,5,7-9,11-13H2,1H3,(H2,18,19,20). The molecule has 1 saturated heterocycles. The van der Waals surface area contributed by atoms with E-state index in [1.54, 1.807) is 0 Å². The zero-order valence-electron chi connectivity index (χ0n) is 13.6. The highest BCUT2D eigenvalue weighted by molar-refractivity contribution is 7.09. The summed E-state index contributed by atoms with van der Waals surface area (Å²) >= 11 is 1.87. The van der Waals surface area contributed by atoms with Crippen molar-refractivity contribution in [2.75, 3.05) is 26.2 Å². The largest absolute Gasteiger partial charge is 0.357 e. The van der Waals surface area contributed by atoms with Gasteiger partial charge in [0.2, 0.25) is 0 Å². The number of guanidine groups is 1. The lowest BCUT2D eigenvalue weighted by molar-refractivity contribution is 0.172. The van der Waals surface area contributed by atoms with Crippen molar-refractivity contribution in [3.8, 4) is 0 Å². The molecule has 3 rings (SSSR count). The predicted octanol–water partition coefficient (Wildman–Crippen LogP) is 2.68. The summed E-state index contributed by atoms with van der Waals surface area (Å²) < 4.78 is 0. The molecule has 5 heteroatoms. The van der Waals surface area contributed by atoms with E-state index in [0.29, 0.717) is 12.0 Å². The number of nitrogens with zero attached hydrogens (tertiary/aromatic N) is 2. The van der Waals surface area contributed by atoms with E-state index in [2.05, 4.69) is 40.0 Å². The Morgan fingerprint density at radius 2 is 2.32 bits per heavy atom. The number of aliphatic imine (C=N–C) groups is 1. The van der Waals surface area contributed by atoms with Crippen molar-refractivity contribution in [2.45, 2.75) is 45.2 Å². The fourth-order valence-corrected chi connectivity index (χ4v) is 3.77. The molecule has 1 unspecified atom stereocenters. The molecular formula is C17H28N4S. The van der Waals surface area contributed by atoms with Gasteiger partial charge in [-0.25, -0.2) is 0 Å². The normalized spacial score (nSPS) is 23.5. The van der Waals surface area contributed by atoms with Gasteiger partial charge < -0.3 is 10.6 Å². The molecule has 2 heterocycles. The number of likely N-dealkylation sites (tertiary alicyclic amines) is 1. The number of piperidine rings is 1. The summed E-state index contributed by atoms with van der Waals surface area (Å²) in [6.45, 7) is 7.55. The summed E-state index contributed by atoms with van der Waals surface area (Å²) in [5, 5.41) is 9.05. The molecule has 2 fully saturated rings. The van der Waals surface area contributed by atoms with Crippen LogP contribution >= 0.6 is 11.3 Å². The Morgan fingerprint density at radius 1 is 1.41 bits per heavy atom. The van der Waals surface area contributed by atoms with Gasteiger partial charge in [-0.3, -0.25) is 9.89 Å². The second-order valence-corrected chi connectivity index (χ2v) is 7.49. The number of rotatable bonds is 6. The van der Waals surface area contributed by atoms with Crippen LogP contribution in [0.15, 0.2) is 22.5 Å². The summed E-state index contributed by atoms with van der Waals surface area (Å²) in [6, 6.07) is 5.06. The van der Waals surface area contributed by atoms with Gasteiger partial charge in [0.1, 0.15) is 0 Å². The van der Waals surface area contributed by atoms with Crippen LogP contribution in [0.4, 0.5) is 0 Å². The summed E-state index contributed by atoms with van der Waals surface area (Å²) in [4.78, 5) is 8.89. The summed E-state index contributed by atoms with van der Waals surface area (Å²) in [6.07, 6.45) is 5.20. The maximum absolute atomic E-state index is 4.82. The van der Waals surface area contributed by atoms with Crippen LogP contribution in [0.5, 0.6) is 0 Å². The van der Waals surface area contributed by atoms with Gasteiger partial charge in [0.05, 0.1) is 0 Å². The van der Waals surface area contributed by atoms with Crippen LogP contribution in [0.2, 0.25) is 0 Å². The molecule has 4 nitrogen and oxygen atoms in total. The summed E-state index contributed by atoms with van der Waals surface area (Å²) in [5.74, 6) is 1.71. The summed E-state index contributed by atoms with van der Waals surface area (Å²) in [7, 11) is 0. The van der Waals surface area contributed by atoms with Crippen molar-refractivity contribution in [1.29, 1.82) is 0 Å². The first kappa shape index (κ1) is 15.8. The topological polar surface area (TPSA) is 39.7 Å². The molecule has 0 radical (unpaired) electrons. The molecule has 1 aromatic heterocycles. The third kappa shape index (κ3) is 4.99. The highest BCUT2D eigenvalue weighted by Gasteiger charge is 2.23. The highest BCUT2D eigenvalue weighted by Crippen LogP contribution is 2.21. The number of hydrogen-bond acceptors (Lipinski definition) is 3. The van der Waals surface area contributed by atoms with Crippen molar-refractivity contribution < 1.29 is 0 Å². The van der Waals surface area contributed by atoms with Crippen LogP contribution in [-0.4, -0.2) is 43.1 Å². The van der Waals surface area contributed by atoms with E-state index in [1.165, 1.54) is 43.6 Å². The van der Waals surface area contributed by atoms with Crippen molar-refractivity contribution in [3.05, 3.63) is 22.4 Å². The minimum absolute atomic E-state index is 0.666. The van der Waals surface area contributed by atoms with E-state index in [0.717, 1.165) is 25.6 Å². The first-order valence-electron chi connectivity index (χ1n) is 8.63. The van der Waals surface area contributed by atoms with Gasteiger partial charge in [-0.2, -0.15) is 0 Å². The van der Waals surface area contributed by atoms with Crippen molar-refractivity contribution >= 4 is 17.3 Å². The number of nitrogens with one attached hydrogen (secondary N) is 2. The molecule has 1 aromatic rings. The smallest absolute Gasteiger partial charge is 0.191 e. The van der Waals surface area contributed by atoms with Crippen molar-refractivity contribution in [2.24, 2.45) is 10.9 Å². The average Bonchev–Trinajstić information content (AvgIpc) is 3.19. The summed E-state index contributed by atoms with van der Waals surface area (Å²) in [5.41, 5.74) is 0. The minimum atomic E-state index is 0.666. The molecule has 1 atom stereocenters. The van der Waals surface area contributed by atoms with E-state index in [1.807, 2.05) is 11.3 Å². The molecular weight excluding hydrogens is 292 g/mol. The van der Waals surface area contributed by atoms with Gasteiger partial charge in [0, 0.05) is 37.1 Å². The second kappa shape index (κ2) is 7.97. The Bertz CT molecular complexity index is 467. The fourth-order valence-electron chi connectivity index (χ4n) is 3.03. The molecule has 1 saturated carbocycles. The number of thiophene rings is 1. The zero-order valence-corrected chi connectivity index (χ0v) is 14.4. The zero-order chi connectivity index (χ0) is 15.2. The van der Waals surface area contributed by atoms with Crippen molar-refractivity contribution in [3.63, 3.8) is 0 Å². The molecule has 0 amide bonds. The van der Waals surface area contributed by atoms with Gasteiger partial charge >= 0.3 is 0 Å². The van der Waals surface area contributed by atoms with Crippen LogP contribution in [0.25, 0.3) is 0 Å². The molecule has 0 spiro atoms. The van der Waals surface area contributed by atoms with Gasteiger partial charge in [-0.05, 0) is 56.5 Å². The quantitative estimate of drug-likeness (QED) is 0.625. The van der Waals surface area contributed by atoms with Gasteiger partial charge in [0.25, 0.3) is 0 Å². The Balaban J connectivity index is 1.48. The van der Waals surface area contributed by atoms with E-state index in [9.17, 15) is 0 Å². The van der Waals surface area contributed by atoms with Crippen LogP contribution in [-0.2, 0) is 6.54 Å². The Morgan fingerprint density at radius 3 is 3.05 bits per heavy atom. The molecule has 0 bridgehead atoms. The lowest BCUT2D eigenvalue weighted by Crippen LogP contribution is -2.40. The maximum Gasteiger partial charge on any atom is 0.191 e. The van der Waals surface area contributed by atoms with Gasteiger partial charge in [-0.15, -0.1) is 11.3 Å². The maximum atomic E-state index is 4.82. The second-order valence-electron chi connectivity index (χ2n) is 6.46. The average molecular weight is 321 g/mol. The van der Waals surface area contributed by atoms with E-state index >= 15 is 0 Å². The molecule has 1 aliphatic carbocycles. The lowest BCUT2D eigenvalue weighted by atomic mass is 9.98. The van der Waals surface area contributed by atoms with Gasteiger partial charge in [0.15, 0.2) is 5.96 Å². The van der Waals surface area contributed by atoms with Crippen LogP contribution in [0.3, 0.4) is 0 Å². The Kier molecular flexibility index (Phi) is 5.73.